The van der Waals surface area contributed by atoms with E-state index in [-0.39, 0.29) is 6.61 Å². The molecule has 3 N–H and O–H groups in total. The van der Waals surface area contributed by atoms with Gasteiger partial charge in [-0.15, -0.1) is 0 Å². The van der Waals surface area contributed by atoms with E-state index in [9.17, 15) is 5.11 Å². The number of aliphatic hydroxyl groups is 1. The molecule has 21 heavy (non-hydrogen) atoms. The lowest BCUT2D eigenvalue weighted by atomic mass is 10.2. The van der Waals surface area contributed by atoms with Gasteiger partial charge in [0, 0.05) is 24.5 Å². The lowest BCUT2D eigenvalue weighted by Gasteiger charge is -2.26. The average Bonchev–Trinajstić information content (AvgIpc) is 2.53. The lowest BCUT2D eigenvalue weighted by Crippen LogP contribution is -2.35. The summed E-state index contributed by atoms with van der Waals surface area (Å²) in [6.07, 6.45) is -0.553. The topological polar surface area (TPSA) is 58.7 Å². The van der Waals surface area contributed by atoms with Gasteiger partial charge < -0.3 is 20.5 Å². The van der Waals surface area contributed by atoms with Crippen molar-refractivity contribution in [2.75, 3.05) is 30.3 Å². The first-order chi connectivity index (χ1) is 10.2. The van der Waals surface area contributed by atoms with Crippen molar-refractivity contribution in [3.05, 3.63) is 54.6 Å². The van der Waals surface area contributed by atoms with E-state index in [2.05, 4.69) is 11.8 Å². The van der Waals surface area contributed by atoms with Gasteiger partial charge >= 0.3 is 0 Å². The maximum atomic E-state index is 10.1. The Kier molecular flexibility index (Phi) is 5.46. The summed E-state index contributed by atoms with van der Waals surface area (Å²) in [5, 5.41) is 10.1. The van der Waals surface area contributed by atoms with E-state index in [0.717, 1.165) is 12.2 Å². The highest BCUT2D eigenvalue weighted by atomic mass is 16.5. The number of nitrogens with zero attached hydrogens (tertiary/aromatic N) is 1. The van der Waals surface area contributed by atoms with Crippen molar-refractivity contribution >= 4 is 11.4 Å². The molecule has 0 aromatic heterocycles. The third-order valence-electron chi connectivity index (χ3n) is 3.26. The Morgan fingerprint density at radius 3 is 2.38 bits per heavy atom. The summed E-state index contributed by atoms with van der Waals surface area (Å²) in [4.78, 5) is 2.12. The number of para-hydroxylation sites is 1. The number of ether oxygens (including phenoxy) is 1. The number of nitrogens with two attached hydrogens (primary N) is 1. The fraction of sp³-hybridized carbons (Fsp3) is 0.294. The molecule has 0 aliphatic heterocycles. The van der Waals surface area contributed by atoms with Crippen LogP contribution in [0.15, 0.2) is 54.6 Å². The van der Waals surface area contributed by atoms with Crippen LogP contribution in [0.3, 0.4) is 0 Å². The zero-order chi connectivity index (χ0) is 15.1. The molecule has 2 aromatic carbocycles. The highest BCUT2D eigenvalue weighted by Gasteiger charge is 2.11. The Bertz CT molecular complexity index is 528. The predicted molar refractivity (Wildman–Crippen MR) is 86.7 cm³/mol. The molecule has 0 radical (unpaired) electrons. The number of benzene rings is 2. The highest BCUT2D eigenvalue weighted by Crippen LogP contribution is 2.15. The Labute approximate surface area is 125 Å². The fourth-order valence-corrected chi connectivity index (χ4v) is 2.12. The molecule has 1 unspecified atom stereocenters. The van der Waals surface area contributed by atoms with Crippen LogP contribution in [-0.4, -0.2) is 30.9 Å². The van der Waals surface area contributed by atoms with E-state index >= 15 is 0 Å². The van der Waals surface area contributed by atoms with Crippen LogP contribution in [0.5, 0.6) is 5.75 Å². The van der Waals surface area contributed by atoms with Gasteiger partial charge in [0.25, 0.3) is 0 Å². The summed E-state index contributed by atoms with van der Waals surface area (Å²) < 4.78 is 5.57. The molecule has 1 atom stereocenters. The normalized spacial score (nSPS) is 11.9. The Balaban J connectivity index is 1.85. The Hall–Kier alpha value is -2.20. The zero-order valence-electron chi connectivity index (χ0n) is 12.3. The highest BCUT2D eigenvalue weighted by molar-refractivity contribution is 5.46. The van der Waals surface area contributed by atoms with Crippen molar-refractivity contribution in [3.8, 4) is 5.75 Å². The molecule has 0 bridgehead atoms. The van der Waals surface area contributed by atoms with Crippen molar-refractivity contribution in [2.45, 2.75) is 13.0 Å². The number of hydrogen-bond acceptors (Lipinski definition) is 4. The van der Waals surface area contributed by atoms with E-state index in [4.69, 9.17) is 10.5 Å². The molecule has 0 heterocycles. The van der Waals surface area contributed by atoms with Gasteiger partial charge in [0.15, 0.2) is 0 Å². The third kappa shape index (κ3) is 4.68. The lowest BCUT2D eigenvalue weighted by molar-refractivity contribution is 0.112. The first kappa shape index (κ1) is 15.2. The number of rotatable bonds is 7. The molecule has 4 nitrogen and oxygen atoms in total. The molecule has 4 heteroatoms. The van der Waals surface area contributed by atoms with Gasteiger partial charge in [-0.25, -0.2) is 0 Å². The summed E-state index contributed by atoms with van der Waals surface area (Å²) in [7, 11) is 0. The molecule has 0 aliphatic rings. The van der Waals surface area contributed by atoms with Gasteiger partial charge in [-0.1, -0.05) is 18.2 Å². The quantitative estimate of drug-likeness (QED) is 0.768. The summed E-state index contributed by atoms with van der Waals surface area (Å²) in [5.41, 5.74) is 7.42. The predicted octanol–water partition coefficient (Wildman–Crippen LogP) is 2.54. The van der Waals surface area contributed by atoms with Gasteiger partial charge in [0.2, 0.25) is 0 Å². The van der Waals surface area contributed by atoms with E-state index in [1.807, 2.05) is 30.3 Å². The van der Waals surface area contributed by atoms with Crippen LogP contribution in [-0.2, 0) is 0 Å². The molecule has 0 spiro atoms. The van der Waals surface area contributed by atoms with E-state index in [1.54, 1.807) is 24.3 Å². The van der Waals surface area contributed by atoms with Crippen LogP contribution >= 0.6 is 0 Å². The molecular weight excluding hydrogens is 264 g/mol. The summed E-state index contributed by atoms with van der Waals surface area (Å²) >= 11 is 0. The van der Waals surface area contributed by atoms with Gasteiger partial charge in [-0.2, -0.15) is 0 Å². The molecule has 2 aromatic rings. The largest absolute Gasteiger partial charge is 0.491 e. The van der Waals surface area contributed by atoms with Crippen molar-refractivity contribution in [2.24, 2.45) is 0 Å². The molecule has 0 fully saturated rings. The average molecular weight is 286 g/mol. The van der Waals surface area contributed by atoms with E-state index in [1.165, 1.54) is 0 Å². The second kappa shape index (κ2) is 7.55. The van der Waals surface area contributed by atoms with Crippen molar-refractivity contribution in [1.29, 1.82) is 0 Å². The summed E-state index contributed by atoms with van der Waals surface area (Å²) in [6.45, 7) is 3.70. The van der Waals surface area contributed by atoms with Gasteiger partial charge in [-0.05, 0) is 43.3 Å². The van der Waals surface area contributed by atoms with Crippen LogP contribution in [0.2, 0.25) is 0 Å². The molecule has 112 valence electrons. The van der Waals surface area contributed by atoms with Gasteiger partial charge in [0.1, 0.15) is 18.5 Å². The van der Waals surface area contributed by atoms with E-state index < -0.39 is 6.10 Å². The van der Waals surface area contributed by atoms with Crippen molar-refractivity contribution in [3.63, 3.8) is 0 Å². The van der Waals surface area contributed by atoms with Crippen LogP contribution in [0, 0.1) is 0 Å². The smallest absolute Gasteiger partial charge is 0.119 e. The summed E-state index contributed by atoms with van der Waals surface area (Å²) in [6, 6.07) is 17.2. The number of hydrogen-bond donors (Lipinski definition) is 2. The first-order valence-corrected chi connectivity index (χ1v) is 7.15. The van der Waals surface area contributed by atoms with Gasteiger partial charge in [0.05, 0.1) is 0 Å². The number of nitrogen functional groups attached to an aromatic ring is 1. The fourth-order valence-electron chi connectivity index (χ4n) is 2.12. The minimum atomic E-state index is -0.553. The maximum absolute atomic E-state index is 10.1. The second-order valence-corrected chi connectivity index (χ2v) is 4.91. The first-order valence-electron chi connectivity index (χ1n) is 7.15. The SMILES string of the molecule is CCN(CC(O)COc1ccc(N)cc1)c1ccccc1. The Morgan fingerprint density at radius 2 is 1.76 bits per heavy atom. The molecule has 0 aliphatic carbocycles. The van der Waals surface area contributed by atoms with Crippen LogP contribution in [0.1, 0.15) is 6.92 Å². The van der Waals surface area contributed by atoms with Crippen LogP contribution < -0.4 is 15.4 Å². The zero-order valence-corrected chi connectivity index (χ0v) is 12.3. The maximum Gasteiger partial charge on any atom is 0.119 e. The van der Waals surface area contributed by atoms with Crippen LogP contribution in [0.4, 0.5) is 11.4 Å². The van der Waals surface area contributed by atoms with E-state index in [0.29, 0.717) is 18.0 Å². The molecule has 0 saturated carbocycles. The number of anilines is 2. The van der Waals surface area contributed by atoms with Crippen LogP contribution in [0.25, 0.3) is 0 Å². The molecule has 0 saturated heterocycles. The third-order valence-corrected chi connectivity index (χ3v) is 3.26. The monoisotopic (exact) mass is 286 g/mol. The second-order valence-electron chi connectivity index (χ2n) is 4.91. The molecule has 0 amide bonds. The standard InChI is InChI=1S/C17H22N2O2/c1-2-19(15-6-4-3-5-7-15)12-16(20)13-21-17-10-8-14(18)9-11-17/h3-11,16,20H,2,12-13,18H2,1H3. The van der Waals surface area contributed by atoms with Crippen molar-refractivity contribution in [1.82, 2.24) is 0 Å². The minimum absolute atomic E-state index is 0.257. The van der Waals surface area contributed by atoms with Crippen molar-refractivity contribution < 1.29 is 9.84 Å². The minimum Gasteiger partial charge on any atom is -0.491 e. The molecular formula is C17H22N2O2. The van der Waals surface area contributed by atoms with Gasteiger partial charge in [-0.3, -0.25) is 0 Å². The Morgan fingerprint density at radius 1 is 1.10 bits per heavy atom. The summed E-state index contributed by atoms with van der Waals surface area (Å²) in [5.74, 6) is 0.714. The number of aliphatic hydroxyl groups excluding tert-OH is 1. The number of likely N-dealkylation sites (N-methyl/N-ethyl adjacent to an activating group) is 1. The molecule has 2 rings (SSSR count).